The van der Waals surface area contributed by atoms with Gasteiger partial charge in [0, 0.05) is 19.1 Å². The molecule has 0 aromatic heterocycles. The minimum atomic E-state index is -0.0434. The molecule has 0 aromatic carbocycles. The van der Waals surface area contributed by atoms with Gasteiger partial charge in [0.05, 0.1) is 12.1 Å². The molecule has 17 heavy (non-hydrogen) atoms. The number of aliphatic hydroxyl groups is 1. The van der Waals surface area contributed by atoms with Gasteiger partial charge in [-0.15, -0.1) is 0 Å². The fraction of sp³-hybridized carbons (Fsp3) is 1.00. The lowest BCUT2D eigenvalue weighted by atomic mass is 9.92. The summed E-state index contributed by atoms with van der Waals surface area (Å²) in [6, 6.07) is 0.447. The Balaban J connectivity index is 1.99. The first-order valence-corrected chi connectivity index (χ1v) is 7.16. The SMILES string of the molecule is CC1CCN(CC(CO)(NC(C)C)C2CC2)C1. The topological polar surface area (TPSA) is 35.5 Å². The first-order chi connectivity index (χ1) is 8.05. The molecule has 0 spiro atoms. The number of hydrogen-bond donors (Lipinski definition) is 2. The van der Waals surface area contributed by atoms with Crippen molar-refractivity contribution >= 4 is 0 Å². The van der Waals surface area contributed by atoms with E-state index in [4.69, 9.17) is 0 Å². The number of aliphatic hydroxyl groups excluding tert-OH is 1. The van der Waals surface area contributed by atoms with Crippen LogP contribution in [0.25, 0.3) is 0 Å². The van der Waals surface area contributed by atoms with Crippen LogP contribution in [0, 0.1) is 11.8 Å². The molecule has 1 saturated carbocycles. The van der Waals surface area contributed by atoms with Crippen LogP contribution in [0.15, 0.2) is 0 Å². The largest absolute Gasteiger partial charge is 0.394 e. The van der Waals surface area contributed by atoms with E-state index in [1.165, 1.54) is 32.4 Å². The number of likely N-dealkylation sites (tertiary alicyclic amines) is 1. The van der Waals surface area contributed by atoms with E-state index in [1.54, 1.807) is 0 Å². The highest BCUT2D eigenvalue weighted by Gasteiger charge is 2.46. The molecular weight excluding hydrogens is 212 g/mol. The Bertz CT molecular complexity index is 253. The van der Waals surface area contributed by atoms with Gasteiger partial charge in [0.25, 0.3) is 0 Å². The highest BCUT2D eigenvalue weighted by atomic mass is 16.3. The first kappa shape index (κ1) is 13.3. The zero-order valence-corrected chi connectivity index (χ0v) is 11.6. The first-order valence-electron chi connectivity index (χ1n) is 7.16. The van der Waals surface area contributed by atoms with Crippen LogP contribution in [0.3, 0.4) is 0 Å². The zero-order valence-electron chi connectivity index (χ0n) is 11.6. The van der Waals surface area contributed by atoms with Gasteiger partial charge in [-0.1, -0.05) is 20.8 Å². The van der Waals surface area contributed by atoms with Gasteiger partial charge in [0.15, 0.2) is 0 Å². The molecule has 1 saturated heterocycles. The van der Waals surface area contributed by atoms with Crippen molar-refractivity contribution in [3.63, 3.8) is 0 Å². The van der Waals surface area contributed by atoms with Gasteiger partial charge < -0.3 is 15.3 Å². The maximum atomic E-state index is 9.87. The number of hydrogen-bond acceptors (Lipinski definition) is 3. The van der Waals surface area contributed by atoms with Gasteiger partial charge >= 0.3 is 0 Å². The summed E-state index contributed by atoms with van der Waals surface area (Å²) in [5.74, 6) is 1.51. The van der Waals surface area contributed by atoms with E-state index in [-0.39, 0.29) is 12.1 Å². The maximum absolute atomic E-state index is 9.87. The van der Waals surface area contributed by atoms with E-state index in [0.717, 1.165) is 12.5 Å². The minimum absolute atomic E-state index is 0.0434. The summed E-state index contributed by atoms with van der Waals surface area (Å²) in [7, 11) is 0. The molecule has 2 rings (SSSR count). The van der Waals surface area contributed by atoms with Crippen LogP contribution in [-0.2, 0) is 0 Å². The van der Waals surface area contributed by atoms with Crippen LogP contribution in [-0.4, -0.2) is 47.8 Å². The fourth-order valence-electron chi connectivity index (χ4n) is 3.30. The lowest BCUT2D eigenvalue weighted by Gasteiger charge is -2.38. The highest BCUT2D eigenvalue weighted by molar-refractivity contribution is 5.04. The number of rotatable bonds is 6. The summed E-state index contributed by atoms with van der Waals surface area (Å²) in [6.45, 7) is 10.4. The molecule has 0 bridgehead atoms. The van der Waals surface area contributed by atoms with Crippen LogP contribution in [0.1, 0.15) is 40.0 Å². The van der Waals surface area contributed by atoms with Crippen molar-refractivity contribution in [3.05, 3.63) is 0 Å². The predicted molar refractivity (Wildman–Crippen MR) is 71.0 cm³/mol. The summed E-state index contributed by atoms with van der Waals surface area (Å²) in [5, 5.41) is 13.5. The van der Waals surface area contributed by atoms with E-state index in [1.807, 2.05) is 0 Å². The Morgan fingerprint density at radius 3 is 2.47 bits per heavy atom. The minimum Gasteiger partial charge on any atom is -0.394 e. The van der Waals surface area contributed by atoms with Crippen molar-refractivity contribution in [1.29, 1.82) is 0 Å². The molecule has 2 N–H and O–H groups in total. The molecule has 2 unspecified atom stereocenters. The molecule has 2 aliphatic rings. The summed E-state index contributed by atoms with van der Waals surface area (Å²) in [4.78, 5) is 2.54. The van der Waals surface area contributed by atoms with Gasteiger partial charge in [0.1, 0.15) is 0 Å². The Kier molecular flexibility index (Phi) is 4.11. The third-order valence-corrected chi connectivity index (χ3v) is 4.23. The van der Waals surface area contributed by atoms with Crippen LogP contribution in [0.4, 0.5) is 0 Å². The fourth-order valence-corrected chi connectivity index (χ4v) is 3.30. The third kappa shape index (κ3) is 3.21. The number of nitrogens with zero attached hydrogens (tertiary/aromatic N) is 1. The van der Waals surface area contributed by atoms with E-state index in [2.05, 4.69) is 31.0 Å². The van der Waals surface area contributed by atoms with E-state index >= 15 is 0 Å². The second kappa shape index (κ2) is 5.25. The average molecular weight is 240 g/mol. The summed E-state index contributed by atoms with van der Waals surface area (Å²) in [5.41, 5.74) is -0.0434. The molecule has 100 valence electrons. The summed E-state index contributed by atoms with van der Waals surface area (Å²) >= 11 is 0. The van der Waals surface area contributed by atoms with Crippen LogP contribution < -0.4 is 5.32 Å². The van der Waals surface area contributed by atoms with Crippen molar-refractivity contribution < 1.29 is 5.11 Å². The Hall–Kier alpha value is -0.120. The quantitative estimate of drug-likeness (QED) is 0.738. The van der Waals surface area contributed by atoms with Crippen LogP contribution in [0.2, 0.25) is 0 Å². The Labute approximate surface area is 106 Å². The smallest absolute Gasteiger partial charge is 0.0628 e. The van der Waals surface area contributed by atoms with Gasteiger partial charge in [0.2, 0.25) is 0 Å². The molecule has 1 aliphatic heterocycles. The summed E-state index contributed by atoms with van der Waals surface area (Å²) < 4.78 is 0. The van der Waals surface area contributed by atoms with Crippen molar-refractivity contribution in [1.82, 2.24) is 10.2 Å². The molecule has 2 fully saturated rings. The van der Waals surface area contributed by atoms with E-state index in [9.17, 15) is 5.11 Å². The van der Waals surface area contributed by atoms with Gasteiger partial charge in [-0.2, -0.15) is 0 Å². The second-order valence-corrected chi connectivity index (χ2v) is 6.52. The molecular formula is C14H28N2O. The monoisotopic (exact) mass is 240 g/mol. The molecule has 1 heterocycles. The second-order valence-electron chi connectivity index (χ2n) is 6.52. The molecule has 1 aliphatic carbocycles. The number of nitrogens with one attached hydrogen (secondary N) is 1. The van der Waals surface area contributed by atoms with Crippen molar-refractivity contribution in [2.45, 2.75) is 51.6 Å². The molecule has 0 amide bonds. The zero-order chi connectivity index (χ0) is 12.5. The lowest BCUT2D eigenvalue weighted by molar-refractivity contribution is 0.0915. The molecule has 0 aromatic rings. The van der Waals surface area contributed by atoms with Crippen molar-refractivity contribution in [2.75, 3.05) is 26.2 Å². The Morgan fingerprint density at radius 1 is 1.35 bits per heavy atom. The van der Waals surface area contributed by atoms with Crippen molar-refractivity contribution in [2.24, 2.45) is 11.8 Å². The van der Waals surface area contributed by atoms with Gasteiger partial charge in [-0.3, -0.25) is 0 Å². The van der Waals surface area contributed by atoms with E-state index < -0.39 is 0 Å². The average Bonchev–Trinajstić information content (AvgIpc) is 3.03. The van der Waals surface area contributed by atoms with E-state index in [0.29, 0.717) is 12.0 Å². The van der Waals surface area contributed by atoms with Crippen molar-refractivity contribution in [3.8, 4) is 0 Å². The van der Waals surface area contributed by atoms with Crippen LogP contribution in [0.5, 0.6) is 0 Å². The molecule has 3 heteroatoms. The van der Waals surface area contributed by atoms with Crippen LogP contribution >= 0.6 is 0 Å². The maximum Gasteiger partial charge on any atom is 0.0628 e. The van der Waals surface area contributed by atoms with Gasteiger partial charge in [-0.25, -0.2) is 0 Å². The lowest BCUT2D eigenvalue weighted by Crippen LogP contribution is -2.59. The van der Waals surface area contributed by atoms with Gasteiger partial charge in [-0.05, 0) is 37.6 Å². The normalized spacial score (nSPS) is 29.8. The molecule has 3 nitrogen and oxygen atoms in total. The Morgan fingerprint density at radius 2 is 2.06 bits per heavy atom. The summed E-state index contributed by atoms with van der Waals surface area (Å²) in [6.07, 6.45) is 3.88. The third-order valence-electron chi connectivity index (χ3n) is 4.23. The standard InChI is InChI=1S/C14H28N2O/c1-11(2)15-14(10-17,13-4-5-13)9-16-7-6-12(3)8-16/h11-13,15,17H,4-10H2,1-3H3. The highest BCUT2D eigenvalue weighted by Crippen LogP contribution is 2.40. The predicted octanol–water partition coefficient (Wildman–Crippen LogP) is 1.47. The molecule has 2 atom stereocenters. The molecule has 0 radical (unpaired) electrons.